The second-order valence-corrected chi connectivity index (χ2v) is 5.05. The molecular formula is C14H14BrNO2. The number of halogens is 1. The Kier molecular flexibility index (Phi) is 4.20. The van der Waals surface area contributed by atoms with Gasteiger partial charge in [-0.3, -0.25) is 0 Å². The van der Waals surface area contributed by atoms with Crippen molar-refractivity contribution in [3.8, 4) is 0 Å². The van der Waals surface area contributed by atoms with E-state index in [0.29, 0.717) is 12.2 Å². The number of carboxylic acids is 1. The van der Waals surface area contributed by atoms with Crippen molar-refractivity contribution in [2.45, 2.75) is 19.4 Å². The molecule has 94 valence electrons. The van der Waals surface area contributed by atoms with E-state index in [0.717, 1.165) is 17.3 Å². The minimum Gasteiger partial charge on any atom is -0.477 e. The maximum atomic E-state index is 11.0. The van der Waals surface area contributed by atoms with Crippen LogP contribution in [0.1, 0.15) is 22.5 Å². The first-order chi connectivity index (χ1) is 8.66. The maximum absolute atomic E-state index is 11.0. The fourth-order valence-corrected chi connectivity index (χ4v) is 2.40. The Labute approximate surface area is 114 Å². The van der Waals surface area contributed by atoms with Gasteiger partial charge in [-0.2, -0.15) is 0 Å². The second-order valence-electron chi connectivity index (χ2n) is 4.13. The number of aromatic nitrogens is 1. The Morgan fingerprint density at radius 1 is 1.28 bits per heavy atom. The lowest BCUT2D eigenvalue weighted by atomic mass is 10.1. The van der Waals surface area contributed by atoms with Crippen LogP contribution in [0.2, 0.25) is 0 Å². The summed E-state index contributed by atoms with van der Waals surface area (Å²) in [4.78, 5) is 11.0. The third-order valence-electron chi connectivity index (χ3n) is 2.79. The molecule has 4 heteroatoms. The predicted octanol–water partition coefficient (Wildman–Crippen LogP) is 3.58. The van der Waals surface area contributed by atoms with Gasteiger partial charge in [0.2, 0.25) is 0 Å². The van der Waals surface area contributed by atoms with Crippen molar-refractivity contribution in [2.75, 3.05) is 0 Å². The lowest BCUT2D eigenvalue weighted by molar-refractivity contribution is 0.0685. The van der Waals surface area contributed by atoms with E-state index < -0.39 is 5.97 Å². The molecule has 18 heavy (non-hydrogen) atoms. The Morgan fingerprint density at radius 2 is 2.00 bits per heavy atom. The number of hydrogen-bond acceptors (Lipinski definition) is 1. The number of benzene rings is 1. The zero-order chi connectivity index (χ0) is 13.0. The highest BCUT2D eigenvalue weighted by Crippen LogP contribution is 2.16. The van der Waals surface area contributed by atoms with Crippen LogP contribution < -0.4 is 0 Å². The smallest absolute Gasteiger partial charge is 0.352 e. The number of carboxylic acid groups (broad SMARTS) is 1. The van der Waals surface area contributed by atoms with E-state index in [9.17, 15) is 4.79 Å². The number of hydrogen-bond donors (Lipinski definition) is 1. The van der Waals surface area contributed by atoms with Crippen molar-refractivity contribution in [3.63, 3.8) is 0 Å². The molecule has 0 spiro atoms. The van der Waals surface area contributed by atoms with Gasteiger partial charge >= 0.3 is 5.97 Å². The molecule has 0 saturated carbocycles. The molecule has 0 bridgehead atoms. The summed E-state index contributed by atoms with van der Waals surface area (Å²) in [7, 11) is 0. The van der Waals surface area contributed by atoms with E-state index in [-0.39, 0.29) is 0 Å². The molecule has 0 radical (unpaired) electrons. The molecule has 3 nitrogen and oxygen atoms in total. The van der Waals surface area contributed by atoms with Gasteiger partial charge in [-0.25, -0.2) is 4.79 Å². The quantitative estimate of drug-likeness (QED) is 0.917. The number of aromatic carboxylic acids is 1. The van der Waals surface area contributed by atoms with Crippen molar-refractivity contribution < 1.29 is 9.90 Å². The Hall–Kier alpha value is -1.55. The fourth-order valence-electron chi connectivity index (χ4n) is 1.94. The Bertz CT molecular complexity index is 534. The van der Waals surface area contributed by atoms with Crippen LogP contribution in [0.25, 0.3) is 0 Å². The van der Waals surface area contributed by atoms with E-state index in [2.05, 4.69) is 28.1 Å². The lowest BCUT2D eigenvalue weighted by Crippen LogP contribution is -2.08. The van der Waals surface area contributed by atoms with Gasteiger partial charge in [0.25, 0.3) is 0 Å². The van der Waals surface area contributed by atoms with Crippen LogP contribution in [-0.2, 0) is 13.0 Å². The minimum absolute atomic E-state index is 0.329. The zero-order valence-corrected chi connectivity index (χ0v) is 11.4. The van der Waals surface area contributed by atoms with Crippen LogP contribution in [-0.4, -0.2) is 15.6 Å². The second kappa shape index (κ2) is 5.87. The molecule has 0 amide bonds. The summed E-state index contributed by atoms with van der Waals surface area (Å²) >= 11 is 3.30. The van der Waals surface area contributed by atoms with Crippen molar-refractivity contribution in [3.05, 3.63) is 58.3 Å². The summed E-state index contributed by atoms with van der Waals surface area (Å²) in [6.07, 6.45) is 3.69. The van der Waals surface area contributed by atoms with E-state index >= 15 is 0 Å². The monoisotopic (exact) mass is 307 g/mol. The van der Waals surface area contributed by atoms with Gasteiger partial charge in [0.05, 0.1) is 0 Å². The van der Waals surface area contributed by atoms with E-state index in [1.807, 2.05) is 24.4 Å². The maximum Gasteiger partial charge on any atom is 0.352 e. The number of carbonyl (C=O) groups is 1. The van der Waals surface area contributed by atoms with Gasteiger partial charge in [-0.1, -0.05) is 30.3 Å². The Morgan fingerprint density at radius 3 is 2.67 bits per heavy atom. The largest absolute Gasteiger partial charge is 0.477 e. The molecule has 1 N–H and O–H groups in total. The molecule has 1 aromatic carbocycles. The average Bonchev–Trinajstić information content (AvgIpc) is 2.72. The van der Waals surface area contributed by atoms with Gasteiger partial charge in [0.15, 0.2) is 0 Å². The highest BCUT2D eigenvalue weighted by molar-refractivity contribution is 9.10. The van der Waals surface area contributed by atoms with Crippen LogP contribution in [0, 0.1) is 0 Å². The predicted molar refractivity (Wildman–Crippen MR) is 73.9 cm³/mol. The topological polar surface area (TPSA) is 42.2 Å². The third kappa shape index (κ3) is 3.23. The zero-order valence-electron chi connectivity index (χ0n) is 9.84. The molecule has 0 aliphatic rings. The van der Waals surface area contributed by atoms with Crippen molar-refractivity contribution in [1.82, 2.24) is 4.57 Å². The third-order valence-corrected chi connectivity index (χ3v) is 3.22. The highest BCUT2D eigenvalue weighted by atomic mass is 79.9. The van der Waals surface area contributed by atoms with Gasteiger partial charge in [0.1, 0.15) is 5.69 Å². The summed E-state index contributed by atoms with van der Waals surface area (Å²) in [5, 5.41) is 9.05. The van der Waals surface area contributed by atoms with Gasteiger partial charge < -0.3 is 9.67 Å². The van der Waals surface area contributed by atoms with Gasteiger partial charge in [-0.15, -0.1) is 0 Å². The molecule has 1 aromatic heterocycles. The lowest BCUT2D eigenvalue weighted by Gasteiger charge is -2.06. The molecule has 2 rings (SSSR count). The molecular weight excluding hydrogens is 294 g/mol. The summed E-state index contributed by atoms with van der Waals surface area (Å²) in [5.74, 6) is -0.889. The van der Waals surface area contributed by atoms with Crippen LogP contribution in [0.4, 0.5) is 0 Å². The first-order valence-electron chi connectivity index (χ1n) is 5.80. The molecule has 0 unspecified atom stereocenters. The van der Waals surface area contributed by atoms with Gasteiger partial charge in [0, 0.05) is 17.2 Å². The average molecular weight is 308 g/mol. The molecule has 0 fully saturated rings. The molecule has 0 aliphatic carbocycles. The summed E-state index contributed by atoms with van der Waals surface area (Å²) in [5.41, 5.74) is 1.61. The summed E-state index contributed by atoms with van der Waals surface area (Å²) in [6, 6.07) is 11.8. The summed E-state index contributed by atoms with van der Waals surface area (Å²) < 4.78 is 2.58. The molecule has 0 aliphatic heterocycles. The van der Waals surface area contributed by atoms with E-state index in [4.69, 9.17) is 5.11 Å². The number of rotatable bonds is 5. The van der Waals surface area contributed by atoms with E-state index in [1.165, 1.54) is 5.56 Å². The molecule has 2 aromatic rings. The first-order valence-corrected chi connectivity index (χ1v) is 6.59. The highest BCUT2D eigenvalue weighted by Gasteiger charge is 2.10. The van der Waals surface area contributed by atoms with E-state index in [1.54, 1.807) is 10.6 Å². The fraction of sp³-hybridized carbons (Fsp3) is 0.214. The standard InChI is InChI=1S/C14H14BrNO2/c15-12-9-13(14(17)18)16(10-12)8-4-7-11-5-2-1-3-6-11/h1-3,5-6,9-10H,4,7-8H2,(H,17,18). The van der Waals surface area contributed by atoms with Crippen LogP contribution in [0.5, 0.6) is 0 Å². The SMILES string of the molecule is O=C(O)c1cc(Br)cn1CCCc1ccccc1. The molecule has 0 atom stereocenters. The van der Waals surface area contributed by atoms with Crippen molar-refractivity contribution >= 4 is 21.9 Å². The van der Waals surface area contributed by atoms with Gasteiger partial charge in [-0.05, 0) is 40.4 Å². The van der Waals surface area contributed by atoms with Crippen LogP contribution >= 0.6 is 15.9 Å². The molecule has 1 heterocycles. The number of aryl methyl sites for hydroxylation is 2. The molecule has 0 saturated heterocycles. The van der Waals surface area contributed by atoms with Crippen molar-refractivity contribution in [2.24, 2.45) is 0 Å². The normalized spacial score (nSPS) is 10.5. The first kappa shape index (κ1) is 12.9. The van der Waals surface area contributed by atoms with Crippen LogP contribution in [0.15, 0.2) is 47.1 Å². The van der Waals surface area contributed by atoms with Crippen molar-refractivity contribution in [1.29, 1.82) is 0 Å². The summed E-state index contributed by atoms with van der Waals surface area (Å²) in [6.45, 7) is 0.710. The minimum atomic E-state index is -0.889. The van der Waals surface area contributed by atoms with Crippen LogP contribution in [0.3, 0.4) is 0 Å². The number of nitrogens with zero attached hydrogens (tertiary/aromatic N) is 1. The Balaban J connectivity index is 1.96.